The monoisotopic (exact) mass is 190 g/mol. The molecular weight excluding hydrogens is 176 g/mol. The summed E-state index contributed by atoms with van der Waals surface area (Å²) in [5.74, 6) is 0.674. The molecule has 1 aromatic carbocycles. The second kappa shape index (κ2) is 3.84. The topological polar surface area (TPSA) is 33.4 Å². The van der Waals surface area contributed by atoms with E-state index in [4.69, 9.17) is 4.42 Å². The van der Waals surface area contributed by atoms with Crippen molar-refractivity contribution >= 4 is 11.0 Å². The van der Waals surface area contributed by atoms with Gasteiger partial charge in [0.2, 0.25) is 0 Å². The molecule has 2 heteroatoms. The summed E-state index contributed by atoms with van der Waals surface area (Å²) in [6, 6.07) is 9.71. The standard InChI is InChI=1S/C12H14O2/c1-2-5-10(13)12-8-9-6-3-4-7-11(9)14-12/h3-4,6-8,10,13H,2,5H2,1H3. The minimum Gasteiger partial charge on any atom is -0.458 e. The first-order valence-electron chi connectivity index (χ1n) is 4.98. The normalized spacial score (nSPS) is 13.3. The number of furan rings is 1. The van der Waals surface area contributed by atoms with Gasteiger partial charge in [0.15, 0.2) is 0 Å². The minimum atomic E-state index is -0.465. The zero-order valence-electron chi connectivity index (χ0n) is 8.23. The average Bonchev–Trinajstić information content (AvgIpc) is 2.61. The highest BCUT2D eigenvalue weighted by Crippen LogP contribution is 2.25. The first-order valence-corrected chi connectivity index (χ1v) is 4.98. The maximum atomic E-state index is 9.73. The summed E-state index contributed by atoms with van der Waals surface area (Å²) in [7, 11) is 0. The van der Waals surface area contributed by atoms with Crippen LogP contribution in [0.5, 0.6) is 0 Å². The number of benzene rings is 1. The smallest absolute Gasteiger partial charge is 0.134 e. The summed E-state index contributed by atoms with van der Waals surface area (Å²) in [5.41, 5.74) is 0.845. The highest BCUT2D eigenvalue weighted by atomic mass is 16.4. The maximum absolute atomic E-state index is 9.73. The Bertz CT molecular complexity index is 384. The molecule has 0 aliphatic rings. The second-order valence-electron chi connectivity index (χ2n) is 3.49. The molecule has 1 aromatic heterocycles. The van der Waals surface area contributed by atoms with Crippen molar-refractivity contribution in [2.45, 2.75) is 25.9 Å². The van der Waals surface area contributed by atoms with Crippen LogP contribution in [0.15, 0.2) is 34.7 Å². The Labute approximate surface area is 83.2 Å². The van der Waals surface area contributed by atoms with Gasteiger partial charge in [-0.2, -0.15) is 0 Å². The number of rotatable bonds is 3. The van der Waals surface area contributed by atoms with Crippen LogP contribution in [0.3, 0.4) is 0 Å². The van der Waals surface area contributed by atoms with Crippen molar-refractivity contribution in [2.24, 2.45) is 0 Å². The van der Waals surface area contributed by atoms with E-state index < -0.39 is 6.10 Å². The molecule has 0 saturated heterocycles. The van der Waals surface area contributed by atoms with Crippen molar-refractivity contribution < 1.29 is 9.52 Å². The summed E-state index contributed by atoms with van der Waals surface area (Å²) in [6.07, 6.45) is 1.24. The van der Waals surface area contributed by atoms with Gasteiger partial charge in [-0.05, 0) is 18.6 Å². The molecule has 0 spiro atoms. The number of para-hydroxylation sites is 1. The van der Waals surface area contributed by atoms with Crippen molar-refractivity contribution in [2.75, 3.05) is 0 Å². The molecule has 1 heterocycles. The molecule has 0 aliphatic heterocycles. The zero-order valence-corrected chi connectivity index (χ0v) is 8.23. The van der Waals surface area contributed by atoms with E-state index in [1.54, 1.807) is 0 Å². The molecule has 0 radical (unpaired) electrons. The second-order valence-corrected chi connectivity index (χ2v) is 3.49. The van der Waals surface area contributed by atoms with Crippen LogP contribution in [0, 0.1) is 0 Å². The molecule has 14 heavy (non-hydrogen) atoms. The highest BCUT2D eigenvalue weighted by molar-refractivity contribution is 5.77. The largest absolute Gasteiger partial charge is 0.458 e. The predicted molar refractivity (Wildman–Crippen MR) is 56.1 cm³/mol. The summed E-state index contributed by atoms with van der Waals surface area (Å²) in [4.78, 5) is 0. The molecule has 74 valence electrons. The van der Waals surface area contributed by atoms with Crippen molar-refractivity contribution in [1.29, 1.82) is 0 Å². The summed E-state index contributed by atoms with van der Waals surface area (Å²) < 4.78 is 5.53. The van der Waals surface area contributed by atoms with Crippen LogP contribution < -0.4 is 0 Å². The Morgan fingerprint density at radius 3 is 2.86 bits per heavy atom. The van der Waals surface area contributed by atoms with E-state index in [1.807, 2.05) is 37.3 Å². The number of hydrogen-bond donors (Lipinski definition) is 1. The van der Waals surface area contributed by atoms with Gasteiger partial charge in [-0.15, -0.1) is 0 Å². The average molecular weight is 190 g/mol. The van der Waals surface area contributed by atoms with Crippen LogP contribution in [0.1, 0.15) is 31.6 Å². The maximum Gasteiger partial charge on any atom is 0.134 e. The van der Waals surface area contributed by atoms with Crippen molar-refractivity contribution in [3.8, 4) is 0 Å². The molecule has 0 fully saturated rings. The molecule has 2 aromatic rings. The van der Waals surface area contributed by atoms with Crippen LogP contribution >= 0.6 is 0 Å². The molecule has 0 aliphatic carbocycles. The Balaban J connectivity index is 2.35. The van der Waals surface area contributed by atoms with E-state index in [9.17, 15) is 5.11 Å². The van der Waals surface area contributed by atoms with E-state index >= 15 is 0 Å². The molecule has 2 rings (SSSR count). The lowest BCUT2D eigenvalue weighted by molar-refractivity contribution is 0.141. The van der Waals surface area contributed by atoms with Gasteiger partial charge in [-0.1, -0.05) is 31.5 Å². The lowest BCUT2D eigenvalue weighted by atomic mass is 10.1. The van der Waals surface area contributed by atoms with E-state index in [2.05, 4.69) is 0 Å². The van der Waals surface area contributed by atoms with Gasteiger partial charge in [-0.25, -0.2) is 0 Å². The minimum absolute atomic E-state index is 0.465. The van der Waals surface area contributed by atoms with E-state index in [0.29, 0.717) is 5.76 Å². The van der Waals surface area contributed by atoms with E-state index in [-0.39, 0.29) is 0 Å². The van der Waals surface area contributed by atoms with Crippen LogP contribution in [-0.4, -0.2) is 5.11 Å². The van der Waals surface area contributed by atoms with Crippen molar-refractivity contribution in [3.05, 3.63) is 36.1 Å². The van der Waals surface area contributed by atoms with Crippen molar-refractivity contribution in [1.82, 2.24) is 0 Å². The molecule has 0 bridgehead atoms. The molecule has 0 amide bonds. The van der Waals surface area contributed by atoms with Gasteiger partial charge in [0.25, 0.3) is 0 Å². The van der Waals surface area contributed by atoms with Gasteiger partial charge in [0.05, 0.1) is 0 Å². The SMILES string of the molecule is CCCC(O)c1cc2ccccc2o1. The fraction of sp³-hybridized carbons (Fsp3) is 0.333. The Hall–Kier alpha value is -1.28. The Morgan fingerprint density at radius 2 is 2.14 bits per heavy atom. The first kappa shape index (κ1) is 9.28. The van der Waals surface area contributed by atoms with Crippen LogP contribution in [0.25, 0.3) is 11.0 Å². The third-order valence-corrected chi connectivity index (χ3v) is 2.34. The third kappa shape index (κ3) is 1.66. The Morgan fingerprint density at radius 1 is 1.36 bits per heavy atom. The quantitative estimate of drug-likeness (QED) is 0.805. The van der Waals surface area contributed by atoms with Gasteiger partial charge in [0.1, 0.15) is 17.4 Å². The van der Waals surface area contributed by atoms with Crippen molar-refractivity contribution in [3.63, 3.8) is 0 Å². The molecule has 2 nitrogen and oxygen atoms in total. The van der Waals surface area contributed by atoms with Gasteiger partial charge in [-0.3, -0.25) is 0 Å². The lowest BCUT2D eigenvalue weighted by Crippen LogP contribution is -1.93. The Kier molecular flexibility index (Phi) is 2.55. The van der Waals surface area contributed by atoms with E-state index in [0.717, 1.165) is 23.8 Å². The number of aliphatic hydroxyl groups excluding tert-OH is 1. The van der Waals surface area contributed by atoms with Crippen LogP contribution in [0.2, 0.25) is 0 Å². The lowest BCUT2D eigenvalue weighted by Gasteiger charge is -2.03. The van der Waals surface area contributed by atoms with E-state index in [1.165, 1.54) is 0 Å². The zero-order chi connectivity index (χ0) is 9.97. The summed E-state index contributed by atoms with van der Waals surface area (Å²) in [6.45, 7) is 2.05. The molecular formula is C12H14O2. The number of hydrogen-bond acceptors (Lipinski definition) is 2. The molecule has 0 saturated carbocycles. The van der Waals surface area contributed by atoms with Crippen LogP contribution in [0.4, 0.5) is 0 Å². The fourth-order valence-corrected chi connectivity index (χ4v) is 1.58. The van der Waals surface area contributed by atoms with Crippen LogP contribution in [-0.2, 0) is 0 Å². The van der Waals surface area contributed by atoms with Gasteiger partial charge < -0.3 is 9.52 Å². The summed E-state index contributed by atoms with van der Waals surface area (Å²) in [5, 5.41) is 10.8. The highest BCUT2D eigenvalue weighted by Gasteiger charge is 2.11. The first-order chi connectivity index (χ1) is 6.81. The summed E-state index contributed by atoms with van der Waals surface area (Å²) >= 11 is 0. The van der Waals surface area contributed by atoms with Gasteiger partial charge >= 0.3 is 0 Å². The molecule has 1 atom stereocenters. The number of aliphatic hydroxyl groups is 1. The molecule has 1 N–H and O–H groups in total. The number of fused-ring (bicyclic) bond motifs is 1. The fourth-order valence-electron chi connectivity index (χ4n) is 1.58. The predicted octanol–water partition coefficient (Wildman–Crippen LogP) is 3.27. The third-order valence-electron chi connectivity index (χ3n) is 2.34. The van der Waals surface area contributed by atoms with Gasteiger partial charge in [0, 0.05) is 5.39 Å². The molecule has 1 unspecified atom stereocenters.